The SMILES string of the molecule is CCCNC(CC1CCCO1)c1cnccc1N. The maximum Gasteiger partial charge on any atom is 0.0594 e. The summed E-state index contributed by atoms with van der Waals surface area (Å²) in [5.41, 5.74) is 7.96. The molecule has 1 aliphatic heterocycles. The van der Waals surface area contributed by atoms with Crippen molar-refractivity contribution < 1.29 is 4.74 Å². The van der Waals surface area contributed by atoms with E-state index in [1.54, 1.807) is 6.20 Å². The molecule has 4 nitrogen and oxygen atoms in total. The number of hydrogen-bond donors (Lipinski definition) is 2. The molecule has 0 radical (unpaired) electrons. The predicted octanol–water partition coefficient (Wildman–Crippen LogP) is 2.27. The Morgan fingerprint density at radius 2 is 2.50 bits per heavy atom. The first-order chi connectivity index (χ1) is 8.81. The van der Waals surface area contributed by atoms with Crippen LogP contribution in [0.1, 0.15) is 44.2 Å². The average molecular weight is 249 g/mol. The summed E-state index contributed by atoms with van der Waals surface area (Å²) in [4.78, 5) is 4.19. The van der Waals surface area contributed by atoms with Crippen molar-refractivity contribution in [2.75, 3.05) is 18.9 Å². The van der Waals surface area contributed by atoms with Gasteiger partial charge in [0.2, 0.25) is 0 Å². The molecular weight excluding hydrogens is 226 g/mol. The van der Waals surface area contributed by atoms with E-state index in [9.17, 15) is 0 Å². The number of anilines is 1. The largest absolute Gasteiger partial charge is 0.398 e. The minimum absolute atomic E-state index is 0.252. The van der Waals surface area contributed by atoms with E-state index in [1.807, 2.05) is 12.3 Å². The molecule has 1 aromatic heterocycles. The molecule has 1 aliphatic rings. The first kappa shape index (κ1) is 13.3. The molecule has 4 heteroatoms. The van der Waals surface area contributed by atoms with Crippen LogP contribution >= 0.6 is 0 Å². The Morgan fingerprint density at radius 1 is 1.61 bits per heavy atom. The lowest BCUT2D eigenvalue weighted by Crippen LogP contribution is -2.27. The van der Waals surface area contributed by atoms with Crippen molar-refractivity contribution >= 4 is 5.69 Å². The number of rotatable bonds is 6. The van der Waals surface area contributed by atoms with Crippen LogP contribution in [-0.4, -0.2) is 24.2 Å². The predicted molar refractivity (Wildman–Crippen MR) is 73.3 cm³/mol. The standard InChI is InChI=1S/C14H23N3O/c1-2-6-17-14(9-11-4-3-8-18-11)12-10-16-7-5-13(12)15/h5,7,10-11,14,17H,2-4,6,8-9H2,1H3,(H2,15,16). The first-order valence-electron chi connectivity index (χ1n) is 6.85. The third-order valence-corrected chi connectivity index (χ3v) is 3.43. The first-order valence-corrected chi connectivity index (χ1v) is 6.85. The second-order valence-corrected chi connectivity index (χ2v) is 4.88. The van der Waals surface area contributed by atoms with Crippen molar-refractivity contribution in [1.29, 1.82) is 0 Å². The molecule has 1 saturated heterocycles. The third kappa shape index (κ3) is 3.43. The Kier molecular flexibility index (Phi) is 4.96. The number of nitrogen functional groups attached to an aromatic ring is 1. The van der Waals surface area contributed by atoms with Crippen LogP contribution in [0.4, 0.5) is 5.69 Å². The van der Waals surface area contributed by atoms with E-state index < -0.39 is 0 Å². The minimum atomic E-state index is 0.252. The lowest BCUT2D eigenvalue weighted by molar-refractivity contribution is 0.0946. The fraction of sp³-hybridized carbons (Fsp3) is 0.643. The smallest absolute Gasteiger partial charge is 0.0594 e. The van der Waals surface area contributed by atoms with Gasteiger partial charge in [-0.25, -0.2) is 0 Å². The van der Waals surface area contributed by atoms with Crippen LogP contribution in [0.15, 0.2) is 18.5 Å². The monoisotopic (exact) mass is 249 g/mol. The molecule has 0 saturated carbocycles. The summed E-state index contributed by atoms with van der Waals surface area (Å²) in [6.45, 7) is 4.06. The van der Waals surface area contributed by atoms with Gasteiger partial charge in [0.1, 0.15) is 0 Å². The number of nitrogens with two attached hydrogens (primary N) is 1. The van der Waals surface area contributed by atoms with Crippen LogP contribution < -0.4 is 11.1 Å². The number of ether oxygens (including phenoxy) is 1. The lowest BCUT2D eigenvalue weighted by Gasteiger charge is -2.23. The van der Waals surface area contributed by atoms with Crippen molar-refractivity contribution in [3.8, 4) is 0 Å². The van der Waals surface area contributed by atoms with E-state index in [0.29, 0.717) is 6.10 Å². The van der Waals surface area contributed by atoms with Crippen molar-refractivity contribution in [3.63, 3.8) is 0 Å². The molecular formula is C14H23N3O. The lowest BCUT2D eigenvalue weighted by atomic mass is 9.99. The zero-order valence-electron chi connectivity index (χ0n) is 11.1. The highest BCUT2D eigenvalue weighted by atomic mass is 16.5. The Balaban J connectivity index is 2.06. The van der Waals surface area contributed by atoms with Gasteiger partial charge in [0.05, 0.1) is 6.10 Å². The topological polar surface area (TPSA) is 60.2 Å². The second kappa shape index (κ2) is 6.71. The molecule has 0 amide bonds. The molecule has 0 aliphatic carbocycles. The zero-order valence-corrected chi connectivity index (χ0v) is 11.1. The number of aromatic nitrogens is 1. The van der Waals surface area contributed by atoms with Gasteiger partial charge in [0.15, 0.2) is 0 Å². The van der Waals surface area contributed by atoms with E-state index in [-0.39, 0.29) is 6.04 Å². The van der Waals surface area contributed by atoms with Crippen LogP contribution in [0.3, 0.4) is 0 Å². The Hall–Kier alpha value is -1.13. The van der Waals surface area contributed by atoms with E-state index >= 15 is 0 Å². The van der Waals surface area contributed by atoms with Gasteiger partial charge in [-0.1, -0.05) is 6.92 Å². The highest BCUT2D eigenvalue weighted by Gasteiger charge is 2.22. The quantitative estimate of drug-likeness (QED) is 0.812. The van der Waals surface area contributed by atoms with Crippen LogP contribution in [-0.2, 0) is 4.74 Å². The summed E-state index contributed by atoms with van der Waals surface area (Å²) >= 11 is 0. The molecule has 1 fully saturated rings. The van der Waals surface area contributed by atoms with Gasteiger partial charge in [-0.3, -0.25) is 4.98 Å². The van der Waals surface area contributed by atoms with E-state index in [1.165, 1.54) is 6.42 Å². The van der Waals surface area contributed by atoms with Gasteiger partial charge in [-0.05, 0) is 38.3 Å². The zero-order chi connectivity index (χ0) is 12.8. The van der Waals surface area contributed by atoms with Crippen LogP contribution in [0, 0.1) is 0 Å². The number of pyridine rings is 1. The number of nitrogens with one attached hydrogen (secondary N) is 1. The molecule has 0 aromatic carbocycles. The fourth-order valence-corrected chi connectivity index (χ4v) is 2.44. The molecule has 2 unspecified atom stereocenters. The summed E-state index contributed by atoms with van der Waals surface area (Å²) in [5.74, 6) is 0. The molecule has 2 heterocycles. The fourth-order valence-electron chi connectivity index (χ4n) is 2.44. The Morgan fingerprint density at radius 3 is 3.17 bits per heavy atom. The maximum absolute atomic E-state index is 6.05. The van der Waals surface area contributed by atoms with Gasteiger partial charge in [-0.2, -0.15) is 0 Å². The van der Waals surface area contributed by atoms with Gasteiger partial charge in [0, 0.05) is 36.3 Å². The highest BCUT2D eigenvalue weighted by molar-refractivity contribution is 5.46. The van der Waals surface area contributed by atoms with Gasteiger partial charge in [0.25, 0.3) is 0 Å². The highest BCUT2D eigenvalue weighted by Crippen LogP contribution is 2.27. The number of hydrogen-bond acceptors (Lipinski definition) is 4. The summed E-state index contributed by atoms with van der Waals surface area (Å²) in [7, 11) is 0. The van der Waals surface area contributed by atoms with E-state index in [4.69, 9.17) is 10.5 Å². The van der Waals surface area contributed by atoms with Crippen molar-refractivity contribution in [2.24, 2.45) is 0 Å². The summed E-state index contributed by atoms with van der Waals surface area (Å²) in [5, 5.41) is 3.55. The van der Waals surface area contributed by atoms with E-state index in [2.05, 4.69) is 17.2 Å². The minimum Gasteiger partial charge on any atom is -0.398 e. The van der Waals surface area contributed by atoms with Crippen molar-refractivity contribution in [3.05, 3.63) is 24.0 Å². The summed E-state index contributed by atoms with van der Waals surface area (Å²) in [6, 6.07) is 2.12. The summed E-state index contributed by atoms with van der Waals surface area (Å²) in [6.07, 6.45) is 8.40. The van der Waals surface area contributed by atoms with Gasteiger partial charge in [-0.15, -0.1) is 0 Å². The van der Waals surface area contributed by atoms with E-state index in [0.717, 1.165) is 43.7 Å². The molecule has 2 rings (SSSR count). The average Bonchev–Trinajstić information content (AvgIpc) is 2.88. The molecule has 18 heavy (non-hydrogen) atoms. The summed E-state index contributed by atoms with van der Waals surface area (Å²) < 4.78 is 5.72. The number of nitrogens with zero attached hydrogens (tertiary/aromatic N) is 1. The second-order valence-electron chi connectivity index (χ2n) is 4.88. The molecule has 100 valence electrons. The normalized spacial score (nSPS) is 21.1. The maximum atomic E-state index is 6.05. The molecule has 2 atom stereocenters. The van der Waals surface area contributed by atoms with Crippen LogP contribution in [0.25, 0.3) is 0 Å². The van der Waals surface area contributed by atoms with Crippen molar-refractivity contribution in [1.82, 2.24) is 10.3 Å². The molecule has 1 aromatic rings. The van der Waals surface area contributed by atoms with Gasteiger partial charge < -0.3 is 15.8 Å². The Labute approximate surface area is 109 Å². The van der Waals surface area contributed by atoms with Crippen LogP contribution in [0.2, 0.25) is 0 Å². The molecule has 0 spiro atoms. The van der Waals surface area contributed by atoms with Crippen molar-refractivity contribution in [2.45, 2.75) is 44.8 Å². The third-order valence-electron chi connectivity index (χ3n) is 3.43. The Bertz CT molecular complexity index is 364. The molecule has 3 N–H and O–H groups in total. The molecule has 0 bridgehead atoms. The van der Waals surface area contributed by atoms with Crippen LogP contribution in [0.5, 0.6) is 0 Å². The van der Waals surface area contributed by atoms with Gasteiger partial charge >= 0.3 is 0 Å².